The van der Waals surface area contributed by atoms with Crippen LogP contribution < -0.4 is 10.6 Å². The molecule has 1 aliphatic heterocycles. The van der Waals surface area contributed by atoms with Gasteiger partial charge in [-0.3, -0.25) is 4.79 Å². The van der Waals surface area contributed by atoms with Crippen molar-refractivity contribution < 1.29 is 13.6 Å². The smallest absolute Gasteiger partial charge is 0.220 e. The third-order valence-corrected chi connectivity index (χ3v) is 5.35. The molecule has 4 nitrogen and oxygen atoms in total. The summed E-state index contributed by atoms with van der Waals surface area (Å²) in [5.41, 5.74) is 5.10. The highest BCUT2D eigenvalue weighted by molar-refractivity contribution is 5.78. The van der Waals surface area contributed by atoms with Gasteiger partial charge in [0.1, 0.15) is 11.6 Å². The number of aromatic amines is 1. The number of H-pyrrole nitrogens is 1. The predicted octanol–water partition coefficient (Wildman–Crippen LogP) is 4.55. The fraction of sp³-hybridized carbons (Fsp3) is 0.208. The number of aromatic nitrogens is 1. The van der Waals surface area contributed by atoms with Crippen molar-refractivity contribution in [3.63, 3.8) is 0 Å². The van der Waals surface area contributed by atoms with Gasteiger partial charge >= 0.3 is 0 Å². The van der Waals surface area contributed by atoms with E-state index in [1.165, 1.54) is 24.3 Å². The minimum Gasteiger partial charge on any atom is -0.387 e. The van der Waals surface area contributed by atoms with E-state index in [-0.39, 0.29) is 23.6 Å². The van der Waals surface area contributed by atoms with Crippen molar-refractivity contribution >= 4 is 5.91 Å². The fourth-order valence-corrected chi connectivity index (χ4v) is 3.70. The molecule has 1 aliphatic rings. The molecule has 0 bridgehead atoms. The third-order valence-electron chi connectivity index (χ3n) is 5.35. The Kier molecular flexibility index (Phi) is 5.65. The van der Waals surface area contributed by atoms with E-state index in [9.17, 15) is 13.6 Å². The Morgan fingerprint density at radius 1 is 1.03 bits per heavy atom. The van der Waals surface area contributed by atoms with E-state index in [0.29, 0.717) is 12.8 Å². The first-order chi connectivity index (χ1) is 14.5. The van der Waals surface area contributed by atoms with Crippen LogP contribution in [0.4, 0.5) is 8.78 Å². The van der Waals surface area contributed by atoms with Gasteiger partial charge in [-0.2, -0.15) is 0 Å². The molecular formula is C24H23F2N3O. The molecule has 3 aromatic rings. The summed E-state index contributed by atoms with van der Waals surface area (Å²) in [5, 5.41) is 6.15. The number of carbonyl (C=O) groups is 1. The van der Waals surface area contributed by atoms with Crippen molar-refractivity contribution in [1.29, 1.82) is 0 Å². The zero-order valence-electron chi connectivity index (χ0n) is 16.5. The summed E-state index contributed by atoms with van der Waals surface area (Å²) in [5.74, 6) is -0.654. The lowest BCUT2D eigenvalue weighted by Gasteiger charge is -2.13. The molecule has 6 heteroatoms. The Morgan fingerprint density at radius 2 is 1.67 bits per heavy atom. The van der Waals surface area contributed by atoms with Crippen molar-refractivity contribution in [2.75, 3.05) is 6.54 Å². The molecule has 0 radical (unpaired) electrons. The first-order valence-electron chi connectivity index (χ1n) is 9.95. The van der Waals surface area contributed by atoms with Gasteiger partial charge in [-0.05, 0) is 84.1 Å². The van der Waals surface area contributed by atoms with Crippen LogP contribution in [0.25, 0.3) is 22.5 Å². The van der Waals surface area contributed by atoms with Crippen molar-refractivity contribution in [3.8, 4) is 22.5 Å². The zero-order chi connectivity index (χ0) is 21.1. The van der Waals surface area contributed by atoms with E-state index < -0.39 is 0 Å². The number of aryl methyl sites for hydroxylation is 1. The molecule has 3 N–H and O–H groups in total. The molecule has 30 heavy (non-hydrogen) atoms. The van der Waals surface area contributed by atoms with Crippen molar-refractivity contribution in [2.45, 2.75) is 25.3 Å². The SMILES string of the molecule is C=C1NCCC1NC(=O)CCc1cc(-c2ccc(F)cc2)[nH]c1-c1ccc(F)cc1. The zero-order valence-corrected chi connectivity index (χ0v) is 16.5. The molecule has 4 rings (SSSR count). The van der Waals surface area contributed by atoms with Crippen LogP contribution in [-0.2, 0) is 11.2 Å². The number of carbonyl (C=O) groups excluding carboxylic acids is 1. The third kappa shape index (κ3) is 4.43. The Balaban J connectivity index is 1.56. The molecule has 0 spiro atoms. The Hall–Kier alpha value is -3.41. The van der Waals surface area contributed by atoms with Crippen LogP contribution >= 0.6 is 0 Å². The molecule has 1 unspecified atom stereocenters. The molecule has 154 valence electrons. The standard InChI is InChI=1S/C24H23F2N3O/c1-15-21(12-13-27-15)28-23(30)11-6-18-14-22(16-2-7-19(25)8-3-16)29-24(18)17-4-9-20(26)10-5-17/h2-5,7-10,14,21,27,29H,1,6,11-13H2,(H,28,30). The number of benzene rings is 2. The lowest BCUT2D eigenvalue weighted by molar-refractivity contribution is -0.121. The van der Waals surface area contributed by atoms with Gasteiger partial charge in [0.05, 0.1) is 6.04 Å². The molecule has 2 aromatic carbocycles. The minimum absolute atomic E-state index is 0.0323. The maximum absolute atomic E-state index is 13.4. The average molecular weight is 407 g/mol. The van der Waals surface area contributed by atoms with Crippen LogP contribution in [0.2, 0.25) is 0 Å². The number of amides is 1. The molecule has 0 saturated carbocycles. The van der Waals surface area contributed by atoms with Crippen molar-refractivity contribution in [2.24, 2.45) is 0 Å². The van der Waals surface area contributed by atoms with E-state index >= 15 is 0 Å². The fourth-order valence-electron chi connectivity index (χ4n) is 3.70. The molecule has 2 heterocycles. The maximum Gasteiger partial charge on any atom is 0.220 e. The minimum atomic E-state index is -0.310. The van der Waals surface area contributed by atoms with Crippen LogP contribution in [0.5, 0.6) is 0 Å². The molecule has 1 fully saturated rings. The van der Waals surface area contributed by atoms with Crippen molar-refractivity contribution in [1.82, 2.24) is 15.6 Å². The Bertz CT molecular complexity index is 1060. The van der Waals surface area contributed by atoms with Crippen LogP contribution in [0.3, 0.4) is 0 Å². The maximum atomic E-state index is 13.4. The number of hydrogen-bond acceptors (Lipinski definition) is 2. The highest BCUT2D eigenvalue weighted by Gasteiger charge is 2.21. The van der Waals surface area contributed by atoms with Crippen LogP contribution in [0, 0.1) is 11.6 Å². The lowest BCUT2D eigenvalue weighted by Crippen LogP contribution is -2.34. The van der Waals surface area contributed by atoms with Gasteiger partial charge < -0.3 is 15.6 Å². The summed E-state index contributed by atoms with van der Waals surface area (Å²) in [4.78, 5) is 15.8. The number of nitrogens with one attached hydrogen (secondary N) is 3. The van der Waals surface area contributed by atoms with E-state index in [2.05, 4.69) is 22.2 Å². The number of halogens is 2. The monoisotopic (exact) mass is 407 g/mol. The largest absolute Gasteiger partial charge is 0.387 e. The normalized spacial score (nSPS) is 15.8. The van der Waals surface area contributed by atoms with Gasteiger partial charge in [-0.15, -0.1) is 0 Å². The van der Waals surface area contributed by atoms with Gasteiger partial charge in [0.25, 0.3) is 0 Å². The van der Waals surface area contributed by atoms with Gasteiger partial charge in [0.15, 0.2) is 0 Å². The summed E-state index contributed by atoms with van der Waals surface area (Å²) in [6.45, 7) is 4.74. The van der Waals surface area contributed by atoms with Crippen LogP contribution in [-0.4, -0.2) is 23.5 Å². The second-order valence-corrected chi connectivity index (χ2v) is 7.46. The molecule has 1 saturated heterocycles. The molecule has 1 aromatic heterocycles. The van der Waals surface area contributed by atoms with Gasteiger partial charge in [-0.25, -0.2) is 8.78 Å². The number of rotatable bonds is 6. The molecule has 0 aliphatic carbocycles. The first kappa shape index (κ1) is 19.9. The highest BCUT2D eigenvalue weighted by atomic mass is 19.1. The molecule has 1 atom stereocenters. The second kappa shape index (κ2) is 8.53. The summed E-state index contributed by atoms with van der Waals surface area (Å²) >= 11 is 0. The topological polar surface area (TPSA) is 56.9 Å². The van der Waals surface area contributed by atoms with Gasteiger partial charge in [0, 0.05) is 30.1 Å². The summed E-state index contributed by atoms with van der Waals surface area (Å²) < 4.78 is 26.7. The van der Waals surface area contributed by atoms with Crippen LogP contribution in [0.1, 0.15) is 18.4 Å². The van der Waals surface area contributed by atoms with E-state index in [4.69, 9.17) is 0 Å². The average Bonchev–Trinajstić information content (AvgIpc) is 3.34. The van der Waals surface area contributed by atoms with Gasteiger partial charge in [0.2, 0.25) is 5.91 Å². The van der Waals surface area contributed by atoms with Crippen LogP contribution in [0.15, 0.2) is 66.9 Å². The highest BCUT2D eigenvalue weighted by Crippen LogP contribution is 2.30. The quantitative estimate of drug-likeness (QED) is 0.561. The van der Waals surface area contributed by atoms with Gasteiger partial charge in [-0.1, -0.05) is 6.58 Å². The Morgan fingerprint density at radius 3 is 2.27 bits per heavy atom. The second-order valence-electron chi connectivity index (χ2n) is 7.46. The van der Waals surface area contributed by atoms with E-state index in [0.717, 1.165) is 46.7 Å². The summed E-state index contributed by atoms with van der Waals surface area (Å²) in [6, 6.07) is 14.4. The number of hydrogen-bond donors (Lipinski definition) is 3. The lowest BCUT2D eigenvalue weighted by atomic mass is 10.0. The first-order valence-corrected chi connectivity index (χ1v) is 9.95. The summed E-state index contributed by atoms with van der Waals surface area (Å²) in [7, 11) is 0. The van der Waals surface area contributed by atoms with E-state index in [1.807, 2.05) is 6.07 Å². The Labute approximate surface area is 174 Å². The molecule has 1 amide bonds. The van der Waals surface area contributed by atoms with Crippen molar-refractivity contribution in [3.05, 3.63) is 84.1 Å². The predicted molar refractivity (Wildman–Crippen MR) is 114 cm³/mol. The van der Waals surface area contributed by atoms with E-state index in [1.54, 1.807) is 24.3 Å². The molecular weight excluding hydrogens is 384 g/mol. The summed E-state index contributed by atoms with van der Waals surface area (Å²) in [6.07, 6.45) is 1.67.